The molecule has 0 fully saturated rings. The van der Waals surface area contributed by atoms with E-state index < -0.39 is 0 Å². The summed E-state index contributed by atoms with van der Waals surface area (Å²) >= 11 is 5.95. The second-order valence-corrected chi connectivity index (χ2v) is 8.13. The van der Waals surface area contributed by atoms with Gasteiger partial charge in [0.2, 0.25) is 0 Å². The quantitative estimate of drug-likeness (QED) is 0.479. The van der Waals surface area contributed by atoms with Crippen LogP contribution in [0.5, 0.6) is 0 Å². The van der Waals surface area contributed by atoms with E-state index in [0.717, 1.165) is 17.9 Å². The molecule has 1 aliphatic rings. The van der Waals surface area contributed by atoms with E-state index in [9.17, 15) is 4.79 Å². The van der Waals surface area contributed by atoms with E-state index in [1.165, 1.54) is 11.6 Å². The van der Waals surface area contributed by atoms with Gasteiger partial charge in [-0.25, -0.2) is 0 Å². The minimum atomic E-state index is -0.385. The average molecular weight is 344 g/mol. The number of rotatable bonds is 3. The fraction of sp³-hybridized carbons (Fsp3) is 0.400. The Kier molecular flexibility index (Phi) is 4.72. The number of halogens is 1. The number of methoxy groups -OCH3 is 1. The predicted octanol–water partition coefficient (Wildman–Crippen LogP) is 2.99. The van der Waals surface area contributed by atoms with Crippen LogP contribution in [0.1, 0.15) is 19.8 Å². The number of carbonyl (C=O) groups excluding carboxylic acids is 1. The molecule has 4 heteroatoms. The third kappa shape index (κ3) is 3.05. The first kappa shape index (κ1) is 14.6. The van der Waals surface area contributed by atoms with Gasteiger partial charge in [0.1, 0.15) is 0 Å². The summed E-state index contributed by atoms with van der Waals surface area (Å²) in [5, 5.41) is 0.725. The normalized spacial score (nSPS) is 26.2. The molecule has 0 amide bonds. The molecule has 0 saturated carbocycles. The first-order valence-corrected chi connectivity index (χ1v) is 8.35. The number of carbonyl (C=O) groups is 1. The van der Waals surface area contributed by atoms with Gasteiger partial charge in [0, 0.05) is 0 Å². The summed E-state index contributed by atoms with van der Waals surface area (Å²) in [5.74, 6) is 0.222. The summed E-state index contributed by atoms with van der Waals surface area (Å²) in [6.45, 7) is 2.14. The monoisotopic (exact) mass is 344 g/mol. The molecule has 0 bridgehead atoms. The number of allylic oxidation sites excluding steroid dienone is 2. The van der Waals surface area contributed by atoms with Gasteiger partial charge in [-0.15, -0.1) is 0 Å². The molecule has 1 aliphatic carbocycles. The summed E-state index contributed by atoms with van der Waals surface area (Å²) in [5.41, 5.74) is 0. The Balaban J connectivity index is 2.30. The first-order chi connectivity index (χ1) is 9.08. The Morgan fingerprint density at radius 2 is 2.05 bits per heavy atom. The van der Waals surface area contributed by atoms with Crippen molar-refractivity contribution in [2.75, 3.05) is 7.11 Å². The summed E-state index contributed by atoms with van der Waals surface area (Å²) in [6, 6.07) is 7.79. The van der Waals surface area contributed by atoms with Gasteiger partial charge < -0.3 is 0 Å². The van der Waals surface area contributed by atoms with E-state index >= 15 is 0 Å². The van der Waals surface area contributed by atoms with E-state index in [1.54, 1.807) is 0 Å². The van der Waals surface area contributed by atoms with E-state index in [2.05, 4.69) is 19.1 Å². The van der Waals surface area contributed by atoms with Gasteiger partial charge in [-0.2, -0.15) is 0 Å². The molecule has 0 aliphatic heterocycles. The van der Waals surface area contributed by atoms with Gasteiger partial charge in [0.15, 0.2) is 0 Å². The van der Waals surface area contributed by atoms with Crippen molar-refractivity contribution in [2.45, 2.75) is 24.1 Å². The molecule has 1 aromatic carbocycles. The molecule has 0 N–H and O–H groups in total. The zero-order valence-corrected chi connectivity index (χ0v) is 13.5. The summed E-state index contributed by atoms with van der Waals surface area (Å²) in [7, 11) is 1.48. The third-order valence-corrected chi connectivity index (χ3v) is 7.14. The molecule has 0 spiro atoms. The SMILES string of the molecule is COC(=O)[C@@]1([Se]c2ccc(Cl)cc2)CC=CC[C@@H]1C. The fourth-order valence-corrected chi connectivity index (χ4v) is 5.23. The van der Waals surface area contributed by atoms with Crippen LogP contribution in [0.25, 0.3) is 0 Å². The van der Waals surface area contributed by atoms with Crippen molar-refractivity contribution in [1.29, 1.82) is 0 Å². The number of hydrogen-bond acceptors (Lipinski definition) is 2. The molecule has 0 heterocycles. The molecule has 2 rings (SSSR count). The van der Waals surface area contributed by atoms with Crippen LogP contribution in [-0.4, -0.2) is 28.0 Å². The van der Waals surface area contributed by atoms with Gasteiger partial charge in [-0.05, 0) is 0 Å². The molecule has 0 aromatic heterocycles. The zero-order chi connectivity index (χ0) is 13.9. The van der Waals surface area contributed by atoms with Crippen molar-refractivity contribution >= 4 is 37.0 Å². The molecular weight excluding hydrogens is 327 g/mol. The van der Waals surface area contributed by atoms with Crippen LogP contribution in [-0.2, 0) is 9.53 Å². The van der Waals surface area contributed by atoms with Gasteiger partial charge >= 0.3 is 125 Å². The molecule has 2 nitrogen and oxygen atoms in total. The maximum absolute atomic E-state index is 12.3. The Labute approximate surface area is 125 Å². The van der Waals surface area contributed by atoms with Crippen molar-refractivity contribution in [1.82, 2.24) is 0 Å². The molecule has 0 radical (unpaired) electrons. The number of esters is 1. The van der Waals surface area contributed by atoms with Gasteiger partial charge in [-0.3, -0.25) is 0 Å². The molecule has 2 atom stereocenters. The Bertz CT molecular complexity index is 483. The second-order valence-electron chi connectivity index (χ2n) is 4.75. The van der Waals surface area contributed by atoms with Crippen molar-refractivity contribution in [3.8, 4) is 0 Å². The van der Waals surface area contributed by atoms with E-state index in [-0.39, 0.29) is 25.2 Å². The van der Waals surface area contributed by atoms with E-state index in [1.807, 2.05) is 24.3 Å². The molecule has 0 saturated heterocycles. The molecule has 19 heavy (non-hydrogen) atoms. The molecular formula is C15H17ClO2Se. The first-order valence-electron chi connectivity index (χ1n) is 6.26. The fourth-order valence-electron chi connectivity index (χ4n) is 2.30. The topological polar surface area (TPSA) is 26.3 Å². The average Bonchev–Trinajstić information content (AvgIpc) is 2.43. The number of hydrogen-bond donors (Lipinski definition) is 0. The molecule has 102 valence electrons. The summed E-state index contributed by atoms with van der Waals surface area (Å²) in [6.07, 6.45) is 5.96. The van der Waals surface area contributed by atoms with Crippen LogP contribution in [0.2, 0.25) is 9.34 Å². The van der Waals surface area contributed by atoms with Gasteiger partial charge in [0.25, 0.3) is 0 Å². The van der Waals surface area contributed by atoms with Gasteiger partial charge in [0.05, 0.1) is 0 Å². The molecule has 1 aromatic rings. The van der Waals surface area contributed by atoms with Crippen LogP contribution < -0.4 is 4.46 Å². The standard InChI is InChI=1S/C15H17ClO2Se/c1-11-5-3-4-10-15(11,14(17)18-2)19-13-8-6-12(16)7-9-13/h3-4,6-9,11H,5,10H2,1-2H3/t11-,15+/m0/s1. The van der Waals surface area contributed by atoms with Crippen LogP contribution in [0.15, 0.2) is 36.4 Å². The number of ether oxygens (including phenoxy) is 1. The minimum absolute atomic E-state index is 0.0366. The van der Waals surface area contributed by atoms with Crippen molar-refractivity contribution in [3.63, 3.8) is 0 Å². The number of benzene rings is 1. The predicted molar refractivity (Wildman–Crippen MR) is 79.1 cm³/mol. The second kappa shape index (κ2) is 6.13. The summed E-state index contributed by atoms with van der Waals surface area (Å²) in [4.78, 5) is 12.3. The van der Waals surface area contributed by atoms with Crippen molar-refractivity contribution in [3.05, 3.63) is 41.4 Å². The zero-order valence-electron chi connectivity index (χ0n) is 11.1. The van der Waals surface area contributed by atoms with Crippen LogP contribution in [0.4, 0.5) is 0 Å². The Morgan fingerprint density at radius 3 is 2.63 bits per heavy atom. The molecule has 0 unspecified atom stereocenters. The van der Waals surface area contributed by atoms with E-state index in [0.29, 0.717) is 5.92 Å². The third-order valence-electron chi connectivity index (χ3n) is 3.52. The van der Waals surface area contributed by atoms with Crippen LogP contribution in [0, 0.1) is 5.92 Å². The van der Waals surface area contributed by atoms with Crippen molar-refractivity contribution < 1.29 is 9.53 Å². The summed E-state index contributed by atoms with van der Waals surface area (Å²) < 4.78 is 5.88. The maximum atomic E-state index is 12.3. The van der Waals surface area contributed by atoms with Crippen LogP contribution in [0.3, 0.4) is 0 Å². The van der Waals surface area contributed by atoms with E-state index in [4.69, 9.17) is 16.3 Å². The Morgan fingerprint density at radius 1 is 1.37 bits per heavy atom. The van der Waals surface area contributed by atoms with Crippen LogP contribution >= 0.6 is 11.6 Å². The van der Waals surface area contributed by atoms with Crippen molar-refractivity contribution in [2.24, 2.45) is 5.92 Å². The van der Waals surface area contributed by atoms with Gasteiger partial charge in [-0.1, -0.05) is 0 Å². The Hall–Kier alpha value is -0.761.